The molecule has 0 aromatic carbocycles. The van der Waals surface area contributed by atoms with Gasteiger partial charge in [0.2, 0.25) is 0 Å². The van der Waals surface area contributed by atoms with Crippen LogP contribution in [0.3, 0.4) is 0 Å². The van der Waals surface area contributed by atoms with E-state index in [2.05, 4.69) is 50.0 Å². The smallest absolute Gasteiger partial charge is 0.109 e. The molecule has 0 heterocycles. The fourth-order valence-electron chi connectivity index (χ4n) is 1.02. The highest BCUT2D eigenvalue weighted by Crippen LogP contribution is 2.05. The first-order valence-electron chi connectivity index (χ1n) is 4.75. The highest BCUT2D eigenvalue weighted by atomic mass is 16.5. The first-order chi connectivity index (χ1) is 6.59. The fraction of sp³-hybridized carbons (Fsp3) is 0.800. The van der Waals surface area contributed by atoms with Gasteiger partial charge in [0.05, 0.1) is 6.04 Å². The molecule has 0 bridgehead atoms. The maximum atomic E-state index is 4.75. The van der Waals surface area contributed by atoms with Crippen molar-refractivity contribution in [3.05, 3.63) is 0 Å². The molecule has 0 saturated heterocycles. The van der Waals surface area contributed by atoms with Crippen LogP contribution in [0.1, 0.15) is 27.7 Å². The minimum atomic E-state index is 0.336. The number of hydrogen-bond acceptors (Lipinski definition) is 3. The summed E-state index contributed by atoms with van der Waals surface area (Å²) >= 11 is 0. The van der Waals surface area contributed by atoms with Gasteiger partial charge in [0, 0.05) is 19.2 Å². The van der Waals surface area contributed by atoms with Crippen molar-refractivity contribution in [2.45, 2.75) is 39.8 Å². The average molecular weight is 197 g/mol. The van der Waals surface area contributed by atoms with E-state index < -0.39 is 0 Å². The van der Waals surface area contributed by atoms with Crippen LogP contribution in [0.25, 0.3) is 0 Å². The highest BCUT2D eigenvalue weighted by Gasteiger charge is 2.09. The van der Waals surface area contributed by atoms with Gasteiger partial charge in [0.15, 0.2) is 0 Å². The van der Waals surface area contributed by atoms with Gasteiger partial charge >= 0.3 is 0 Å². The van der Waals surface area contributed by atoms with Crippen LogP contribution in [0.2, 0.25) is 0 Å². The van der Waals surface area contributed by atoms with E-state index in [9.17, 15) is 0 Å². The Morgan fingerprint density at radius 2 is 1.79 bits per heavy atom. The summed E-state index contributed by atoms with van der Waals surface area (Å²) in [4.78, 5) is 0. The minimum absolute atomic E-state index is 0.336. The molecule has 0 aliphatic carbocycles. The van der Waals surface area contributed by atoms with Crippen molar-refractivity contribution < 1.29 is 4.74 Å². The second kappa shape index (κ2) is 7.34. The quantitative estimate of drug-likeness (QED) is 0.393. The van der Waals surface area contributed by atoms with Crippen LogP contribution in [0, 0.1) is 12.0 Å². The first-order valence-corrected chi connectivity index (χ1v) is 4.75. The second-order valence-corrected chi connectivity index (χ2v) is 3.48. The lowest BCUT2D eigenvalue weighted by Gasteiger charge is -2.25. The third-order valence-corrected chi connectivity index (χ3v) is 1.55. The minimum Gasteiger partial charge on any atom is -0.372 e. The predicted octanol–water partition coefficient (Wildman–Crippen LogP) is 2.08. The highest BCUT2D eigenvalue weighted by molar-refractivity contribution is 4.95. The van der Waals surface area contributed by atoms with Crippen molar-refractivity contribution in [2.75, 3.05) is 13.7 Å². The van der Waals surface area contributed by atoms with Gasteiger partial charge in [-0.1, -0.05) is 10.3 Å². The molecule has 4 heteroatoms. The molecular weight excluding hydrogens is 178 g/mol. The van der Waals surface area contributed by atoms with Crippen molar-refractivity contribution in [3.63, 3.8) is 0 Å². The van der Waals surface area contributed by atoms with Crippen LogP contribution in [0.15, 0.2) is 10.3 Å². The van der Waals surface area contributed by atoms with Gasteiger partial charge in [-0.15, -0.1) is 0 Å². The molecule has 0 spiro atoms. The van der Waals surface area contributed by atoms with Crippen molar-refractivity contribution in [2.24, 2.45) is 10.3 Å². The molecule has 0 unspecified atom stereocenters. The van der Waals surface area contributed by atoms with Gasteiger partial charge in [-0.2, -0.15) is 0 Å². The van der Waals surface area contributed by atoms with Crippen LogP contribution >= 0.6 is 0 Å². The number of ether oxygens (including phenoxy) is 1. The topological polar surface area (TPSA) is 37.2 Å². The van der Waals surface area contributed by atoms with Crippen molar-refractivity contribution >= 4 is 0 Å². The van der Waals surface area contributed by atoms with Gasteiger partial charge in [0.25, 0.3) is 0 Å². The molecule has 0 aromatic heterocycles. The molecular formula is C10H19N3O. The lowest BCUT2D eigenvalue weighted by atomic mass is 10.3. The van der Waals surface area contributed by atoms with E-state index in [0.29, 0.717) is 18.7 Å². The largest absolute Gasteiger partial charge is 0.372 e. The maximum Gasteiger partial charge on any atom is 0.109 e. The molecule has 4 nitrogen and oxygen atoms in total. The Balaban J connectivity index is 4.11. The molecule has 0 amide bonds. The van der Waals surface area contributed by atoms with E-state index in [1.54, 1.807) is 7.11 Å². The van der Waals surface area contributed by atoms with E-state index >= 15 is 0 Å². The molecule has 0 radical (unpaired) electrons. The number of nitrogens with zero attached hydrogens (tertiary/aromatic N) is 3. The van der Waals surface area contributed by atoms with Gasteiger partial charge in [-0.25, -0.2) is 0 Å². The summed E-state index contributed by atoms with van der Waals surface area (Å²) in [5.41, 5.74) is 0. The number of hydrogen-bond donors (Lipinski definition) is 0. The van der Waals surface area contributed by atoms with Crippen LogP contribution in [0.4, 0.5) is 0 Å². The number of rotatable bonds is 4. The van der Waals surface area contributed by atoms with Crippen LogP contribution in [-0.2, 0) is 4.74 Å². The normalized spacial score (nSPS) is 10.8. The molecule has 0 fully saturated rings. The van der Waals surface area contributed by atoms with Gasteiger partial charge in [-0.05, 0) is 33.6 Å². The van der Waals surface area contributed by atoms with E-state index in [1.807, 2.05) is 5.01 Å². The summed E-state index contributed by atoms with van der Waals surface area (Å²) in [5.74, 6) is 2.71. The summed E-state index contributed by atoms with van der Waals surface area (Å²) in [6.45, 7) is 8.68. The van der Waals surface area contributed by atoms with Gasteiger partial charge in [0.1, 0.15) is 6.61 Å². The van der Waals surface area contributed by atoms with Crippen molar-refractivity contribution in [3.8, 4) is 12.0 Å². The van der Waals surface area contributed by atoms with Gasteiger partial charge < -0.3 is 4.74 Å². The molecule has 80 valence electrons. The molecule has 14 heavy (non-hydrogen) atoms. The Morgan fingerprint density at radius 3 is 2.21 bits per heavy atom. The predicted molar refractivity (Wildman–Crippen MR) is 56.6 cm³/mol. The molecule has 0 saturated carbocycles. The van der Waals surface area contributed by atoms with Crippen LogP contribution in [-0.4, -0.2) is 30.8 Å². The summed E-state index contributed by atoms with van der Waals surface area (Å²) in [6.07, 6.45) is 0. The SMILES string of the molecule is COCC#CN=NN(C(C)C)C(C)C. The molecule has 0 rings (SSSR count). The summed E-state index contributed by atoms with van der Waals surface area (Å²) in [7, 11) is 1.60. The van der Waals surface area contributed by atoms with Gasteiger partial charge in [-0.3, -0.25) is 5.01 Å². The standard InChI is InChI=1S/C10H19N3O/c1-9(2)13(10(3)4)12-11-7-6-8-14-5/h9-10H,8H2,1-5H3. The second-order valence-electron chi connectivity index (χ2n) is 3.48. The zero-order chi connectivity index (χ0) is 11.0. The Morgan fingerprint density at radius 1 is 1.21 bits per heavy atom. The van der Waals surface area contributed by atoms with Crippen molar-refractivity contribution in [1.82, 2.24) is 5.01 Å². The molecule has 0 aromatic rings. The Hall–Kier alpha value is -1.08. The van der Waals surface area contributed by atoms with E-state index in [0.717, 1.165) is 0 Å². The van der Waals surface area contributed by atoms with Crippen molar-refractivity contribution in [1.29, 1.82) is 0 Å². The molecule has 0 aliphatic rings. The molecule has 0 atom stereocenters. The fourth-order valence-corrected chi connectivity index (χ4v) is 1.02. The molecule has 0 aliphatic heterocycles. The molecule has 0 N–H and O–H groups in total. The lowest BCUT2D eigenvalue weighted by molar-refractivity contribution is 0.170. The summed E-state index contributed by atoms with van der Waals surface area (Å²) < 4.78 is 4.75. The Labute approximate surface area is 86.3 Å². The lowest BCUT2D eigenvalue weighted by Crippen LogP contribution is -2.31. The number of methoxy groups -OCH3 is 1. The Bertz CT molecular complexity index is 217. The maximum absolute atomic E-state index is 4.75. The monoisotopic (exact) mass is 197 g/mol. The van der Waals surface area contributed by atoms with Crippen LogP contribution in [0.5, 0.6) is 0 Å². The zero-order valence-corrected chi connectivity index (χ0v) is 9.61. The van der Waals surface area contributed by atoms with E-state index in [4.69, 9.17) is 4.74 Å². The zero-order valence-electron chi connectivity index (χ0n) is 9.61. The third kappa shape index (κ3) is 5.55. The van der Waals surface area contributed by atoms with Crippen LogP contribution < -0.4 is 0 Å². The summed E-state index contributed by atoms with van der Waals surface area (Å²) in [5, 5.41) is 9.69. The van der Waals surface area contributed by atoms with E-state index in [-0.39, 0.29) is 0 Å². The van der Waals surface area contributed by atoms with E-state index in [1.165, 1.54) is 0 Å². The summed E-state index contributed by atoms with van der Waals surface area (Å²) in [6, 6.07) is 3.24. The third-order valence-electron chi connectivity index (χ3n) is 1.55. The first kappa shape index (κ1) is 12.9. The Kier molecular flexibility index (Phi) is 6.77. The average Bonchev–Trinajstić information content (AvgIpc) is 2.09.